The number of fused-ring (bicyclic) bond motifs is 3. The molecule has 0 amide bonds. The van der Waals surface area contributed by atoms with Crippen LogP contribution < -0.4 is 10.1 Å². The van der Waals surface area contributed by atoms with Gasteiger partial charge < -0.3 is 14.8 Å². The maximum Gasteiger partial charge on any atom is 0.118 e. The molecule has 154 valence electrons. The molecule has 4 nitrogen and oxygen atoms in total. The Morgan fingerprint density at radius 2 is 1.50 bits per heavy atom. The summed E-state index contributed by atoms with van der Waals surface area (Å²) in [6, 6.07) is 26.5. The van der Waals surface area contributed by atoms with Crippen molar-refractivity contribution >= 4 is 0 Å². The Balaban J connectivity index is 1.42. The van der Waals surface area contributed by atoms with Gasteiger partial charge in [-0.1, -0.05) is 60.7 Å². The van der Waals surface area contributed by atoms with Gasteiger partial charge in [0, 0.05) is 25.7 Å². The summed E-state index contributed by atoms with van der Waals surface area (Å²) in [4.78, 5) is 2.53. The first-order valence-corrected chi connectivity index (χ1v) is 10.7. The zero-order chi connectivity index (χ0) is 20.3. The predicted octanol–water partition coefficient (Wildman–Crippen LogP) is 4.43. The Labute approximate surface area is 178 Å². The van der Waals surface area contributed by atoms with Crippen molar-refractivity contribution in [2.75, 3.05) is 40.0 Å². The van der Waals surface area contributed by atoms with E-state index in [1.54, 1.807) is 7.11 Å². The van der Waals surface area contributed by atoms with E-state index in [0.29, 0.717) is 6.04 Å². The van der Waals surface area contributed by atoms with Gasteiger partial charge in [-0.25, -0.2) is 0 Å². The minimum Gasteiger partial charge on any atom is -0.497 e. The van der Waals surface area contributed by atoms with Crippen LogP contribution in [0.25, 0.3) is 11.1 Å². The standard InChI is InChI=1S/C26H28N2O2/c1-29-20-12-10-19(11-13-20)25(28-14-16-30-17-15-28)18-27-26-23-8-4-2-6-21(23)22-7-3-5-9-24(22)26/h2-13,25-27H,14-18H2,1H3/t25-/m1/s1. The first-order chi connectivity index (χ1) is 14.8. The minimum absolute atomic E-state index is 0.221. The molecule has 1 aliphatic carbocycles. The highest BCUT2D eigenvalue weighted by Gasteiger charge is 2.30. The van der Waals surface area contributed by atoms with Crippen LogP contribution in [0.15, 0.2) is 72.8 Å². The summed E-state index contributed by atoms with van der Waals surface area (Å²) in [5.41, 5.74) is 6.74. The number of nitrogens with one attached hydrogen (secondary N) is 1. The molecule has 1 aliphatic heterocycles. The highest BCUT2D eigenvalue weighted by Crippen LogP contribution is 2.43. The van der Waals surface area contributed by atoms with Crippen LogP contribution in [0.3, 0.4) is 0 Å². The molecule has 30 heavy (non-hydrogen) atoms. The van der Waals surface area contributed by atoms with Crippen LogP contribution in [0.5, 0.6) is 5.75 Å². The molecule has 0 unspecified atom stereocenters. The molecule has 4 heteroatoms. The normalized spacial score (nSPS) is 17.4. The molecule has 1 atom stereocenters. The average Bonchev–Trinajstić information content (AvgIpc) is 3.14. The molecular weight excluding hydrogens is 372 g/mol. The predicted molar refractivity (Wildman–Crippen MR) is 120 cm³/mol. The average molecular weight is 401 g/mol. The Hall–Kier alpha value is -2.66. The van der Waals surface area contributed by atoms with Crippen LogP contribution in [-0.4, -0.2) is 44.9 Å². The van der Waals surface area contributed by atoms with Crippen molar-refractivity contribution in [3.05, 3.63) is 89.5 Å². The van der Waals surface area contributed by atoms with Crippen molar-refractivity contribution in [2.24, 2.45) is 0 Å². The lowest BCUT2D eigenvalue weighted by Crippen LogP contribution is -2.43. The second-order valence-corrected chi connectivity index (χ2v) is 7.95. The number of benzene rings is 3. The summed E-state index contributed by atoms with van der Waals surface area (Å²) >= 11 is 0. The summed E-state index contributed by atoms with van der Waals surface area (Å²) in [5.74, 6) is 0.895. The molecule has 0 bridgehead atoms. The van der Waals surface area contributed by atoms with Gasteiger partial charge >= 0.3 is 0 Å². The number of hydrogen-bond donors (Lipinski definition) is 1. The van der Waals surface area contributed by atoms with Crippen LogP contribution in [-0.2, 0) is 4.74 Å². The number of ether oxygens (including phenoxy) is 2. The van der Waals surface area contributed by atoms with Crippen LogP contribution in [0.1, 0.15) is 28.8 Å². The third-order valence-corrected chi connectivity index (χ3v) is 6.34. The third-order valence-electron chi connectivity index (χ3n) is 6.34. The van der Waals surface area contributed by atoms with E-state index < -0.39 is 0 Å². The molecule has 3 aromatic rings. The minimum atomic E-state index is 0.221. The second-order valence-electron chi connectivity index (χ2n) is 7.95. The molecule has 1 fully saturated rings. The van der Waals surface area contributed by atoms with E-state index in [2.05, 4.69) is 83.0 Å². The SMILES string of the molecule is COc1ccc([C@@H](CNC2c3ccccc3-c3ccccc32)N2CCOCC2)cc1. The summed E-state index contributed by atoms with van der Waals surface area (Å²) in [7, 11) is 1.71. The fourth-order valence-corrected chi connectivity index (χ4v) is 4.78. The van der Waals surface area contributed by atoms with Crippen LogP contribution in [0, 0.1) is 0 Å². The van der Waals surface area contributed by atoms with Crippen molar-refractivity contribution in [1.29, 1.82) is 0 Å². The third kappa shape index (κ3) is 3.63. The summed E-state index contributed by atoms with van der Waals surface area (Å²) in [5, 5.41) is 3.90. The van der Waals surface area contributed by atoms with Crippen molar-refractivity contribution in [1.82, 2.24) is 10.2 Å². The van der Waals surface area contributed by atoms with Gasteiger partial charge in [0.25, 0.3) is 0 Å². The van der Waals surface area contributed by atoms with Gasteiger partial charge in [0.15, 0.2) is 0 Å². The molecule has 1 N–H and O–H groups in total. The summed E-state index contributed by atoms with van der Waals surface area (Å²) in [6.45, 7) is 4.37. The molecule has 0 spiro atoms. The quantitative estimate of drug-likeness (QED) is 0.664. The van der Waals surface area contributed by atoms with Crippen molar-refractivity contribution in [3.63, 3.8) is 0 Å². The fraction of sp³-hybridized carbons (Fsp3) is 0.308. The zero-order valence-corrected chi connectivity index (χ0v) is 17.4. The molecule has 2 aliphatic rings. The first-order valence-electron chi connectivity index (χ1n) is 10.7. The molecule has 0 saturated carbocycles. The lowest BCUT2D eigenvalue weighted by molar-refractivity contribution is 0.0158. The molecule has 1 saturated heterocycles. The highest BCUT2D eigenvalue weighted by molar-refractivity contribution is 5.78. The van der Waals surface area contributed by atoms with E-state index >= 15 is 0 Å². The maximum absolute atomic E-state index is 5.61. The smallest absolute Gasteiger partial charge is 0.118 e. The molecule has 3 aromatic carbocycles. The molecular formula is C26H28N2O2. The number of methoxy groups -OCH3 is 1. The summed E-state index contributed by atoms with van der Waals surface area (Å²) in [6.07, 6.45) is 0. The molecule has 0 radical (unpaired) electrons. The number of rotatable bonds is 6. The van der Waals surface area contributed by atoms with Gasteiger partial charge in [-0.05, 0) is 39.9 Å². The molecule has 1 heterocycles. The second kappa shape index (κ2) is 8.60. The van der Waals surface area contributed by atoms with Crippen LogP contribution in [0.4, 0.5) is 0 Å². The van der Waals surface area contributed by atoms with Crippen molar-refractivity contribution in [2.45, 2.75) is 12.1 Å². The van der Waals surface area contributed by atoms with E-state index in [0.717, 1.165) is 38.6 Å². The number of hydrogen-bond acceptors (Lipinski definition) is 4. The Kier molecular flexibility index (Phi) is 5.54. The Bertz CT molecular complexity index is 950. The fourth-order valence-electron chi connectivity index (χ4n) is 4.78. The van der Waals surface area contributed by atoms with Crippen molar-refractivity contribution < 1.29 is 9.47 Å². The first kappa shape index (κ1) is 19.3. The van der Waals surface area contributed by atoms with E-state index in [1.165, 1.54) is 27.8 Å². The lowest BCUT2D eigenvalue weighted by atomic mass is 10.0. The van der Waals surface area contributed by atoms with Gasteiger partial charge in [0.1, 0.15) is 5.75 Å². The maximum atomic E-state index is 5.61. The Morgan fingerprint density at radius 3 is 2.10 bits per heavy atom. The largest absolute Gasteiger partial charge is 0.497 e. The lowest BCUT2D eigenvalue weighted by Gasteiger charge is -2.35. The van der Waals surface area contributed by atoms with Gasteiger partial charge in [-0.3, -0.25) is 4.90 Å². The summed E-state index contributed by atoms with van der Waals surface area (Å²) < 4.78 is 11.0. The molecule has 5 rings (SSSR count). The van der Waals surface area contributed by atoms with Crippen molar-refractivity contribution in [3.8, 4) is 16.9 Å². The monoisotopic (exact) mass is 400 g/mol. The Morgan fingerprint density at radius 1 is 0.900 bits per heavy atom. The van der Waals surface area contributed by atoms with E-state index in [9.17, 15) is 0 Å². The van der Waals surface area contributed by atoms with Gasteiger partial charge in [0.2, 0.25) is 0 Å². The van der Waals surface area contributed by atoms with E-state index in [-0.39, 0.29) is 6.04 Å². The number of morpholine rings is 1. The van der Waals surface area contributed by atoms with Gasteiger partial charge in [0.05, 0.1) is 26.4 Å². The van der Waals surface area contributed by atoms with E-state index in [4.69, 9.17) is 9.47 Å². The highest BCUT2D eigenvalue weighted by atomic mass is 16.5. The topological polar surface area (TPSA) is 33.7 Å². The molecule has 0 aromatic heterocycles. The van der Waals surface area contributed by atoms with Gasteiger partial charge in [-0.2, -0.15) is 0 Å². The van der Waals surface area contributed by atoms with E-state index in [1.807, 2.05) is 0 Å². The van der Waals surface area contributed by atoms with Crippen LogP contribution >= 0.6 is 0 Å². The van der Waals surface area contributed by atoms with Gasteiger partial charge in [-0.15, -0.1) is 0 Å². The zero-order valence-electron chi connectivity index (χ0n) is 17.4. The number of nitrogens with zero attached hydrogens (tertiary/aromatic N) is 1. The van der Waals surface area contributed by atoms with Crippen LogP contribution in [0.2, 0.25) is 0 Å².